The molecule has 0 aromatic rings. The van der Waals surface area contributed by atoms with E-state index in [2.05, 4.69) is 4.74 Å². The van der Waals surface area contributed by atoms with Crippen molar-refractivity contribution in [3.8, 4) is 0 Å². The summed E-state index contributed by atoms with van der Waals surface area (Å²) >= 11 is 0. The standard InChI is InChI=1S/C7H12O3/c1-5-3-4-9-7(8)10-6(5)2/h5-6H,3-4H2,1-2H3. The second-order valence-electron chi connectivity index (χ2n) is 2.69. The third-order valence-electron chi connectivity index (χ3n) is 1.88. The Morgan fingerprint density at radius 2 is 2.20 bits per heavy atom. The Morgan fingerprint density at radius 1 is 1.50 bits per heavy atom. The van der Waals surface area contributed by atoms with Crippen molar-refractivity contribution in [3.63, 3.8) is 0 Å². The summed E-state index contributed by atoms with van der Waals surface area (Å²) in [5.41, 5.74) is 0. The average Bonchev–Trinajstić information content (AvgIpc) is 1.96. The summed E-state index contributed by atoms with van der Waals surface area (Å²) in [5, 5.41) is 0. The molecule has 0 spiro atoms. The summed E-state index contributed by atoms with van der Waals surface area (Å²) in [6.45, 7) is 4.42. The zero-order valence-electron chi connectivity index (χ0n) is 6.29. The van der Waals surface area contributed by atoms with E-state index < -0.39 is 6.16 Å². The van der Waals surface area contributed by atoms with Crippen molar-refractivity contribution < 1.29 is 14.3 Å². The van der Waals surface area contributed by atoms with Crippen LogP contribution in [0.4, 0.5) is 4.79 Å². The molecule has 3 heteroatoms. The van der Waals surface area contributed by atoms with E-state index in [0.29, 0.717) is 12.5 Å². The van der Waals surface area contributed by atoms with Crippen LogP contribution in [0.25, 0.3) is 0 Å². The van der Waals surface area contributed by atoms with Gasteiger partial charge in [-0.3, -0.25) is 0 Å². The summed E-state index contributed by atoms with van der Waals surface area (Å²) in [6.07, 6.45) is 0.360. The fourth-order valence-corrected chi connectivity index (χ4v) is 0.865. The molecule has 0 aliphatic carbocycles. The van der Waals surface area contributed by atoms with Crippen molar-refractivity contribution in [2.45, 2.75) is 26.4 Å². The molecule has 1 rings (SSSR count). The maximum Gasteiger partial charge on any atom is 0.508 e. The van der Waals surface area contributed by atoms with Gasteiger partial charge in [-0.25, -0.2) is 4.79 Å². The zero-order valence-corrected chi connectivity index (χ0v) is 6.29. The summed E-state index contributed by atoms with van der Waals surface area (Å²) in [7, 11) is 0. The van der Waals surface area contributed by atoms with Crippen molar-refractivity contribution in [2.75, 3.05) is 6.61 Å². The highest BCUT2D eigenvalue weighted by Gasteiger charge is 2.21. The first kappa shape index (κ1) is 7.38. The maximum atomic E-state index is 10.6. The van der Waals surface area contributed by atoms with Crippen molar-refractivity contribution in [3.05, 3.63) is 0 Å². The summed E-state index contributed by atoms with van der Waals surface area (Å²) < 4.78 is 9.54. The smallest absolute Gasteiger partial charge is 0.434 e. The second-order valence-corrected chi connectivity index (χ2v) is 2.69. The third kappa shape index (κ3) is 1.62. The van der Waals surface area contributed by atoms with Crippen LogP contribution < -0.4 is 0 Å². The number of ether oxygens (including phenoxy) is 2. The highest BCUT2D eigenvalue weighted by molar-refractivity contribution is 5.60. The Balaban J connectivity index is 2.49. The Morgan fingerprint density at radius 3 is 2.90 bits per heavy atom. The Hall–Kier alpha value is -0.730. The largest absolute Gasteiger partial charge is 0.508 e. The fourth-order valence-electron chi connectivity index (χ4n) is 0.865. The molecule has 0 saturated carbocycles. The number of carbonyl (C=O) groups excluding carboxylic acids is 1. The van der Waals surface area contributed by atoms with E-state index in [1.807, 2.05) is 13.8 Å². The molecule has 1 heterocycles. The lowest BCUT2D eigenvalue weighted by atomic mass is 10.0. The molecule has 1 saturated heterocycles. The highest BCUT2D eigenvalue weighted by atomic mass is 16.7. The molecule has 0 aromatic heterocycles. The van der Waals surface area contributed by atoms with E-state index in [4.69, 9.17) is 4.74 Å². The lowest BCUT2D eigenvalue weighted by Gasteiger charge is -2.13. The van der Waals surface area contributed by atoms with Crippen LogP contribution >= 0.6 is 0 Å². The number of rotatable bonds is 0. The molecule has 3 nitrogen and oxygen atoms in total. The highest BCUT2D eigenvalue weighted by Crippen LogP contribution is 2.15. The monoisotopic (exact) mass is 144 g/mol. The van der Waals surface area contributed by atoms with Crippen molar-refractivity contribution in [2.24, 2.45) is 5.92 Å². The van der Waals surface area contributed by atoms with Gasteiger partial charge in [-0.2, -0.15) is 0 Å². The summed E-state index contributed by atoms with van der Waals surface area (Å²) in [6, 6.07) is 0. The molecule has 1 aliphatic rings. The first-order valence-corrected chi connectivity index (χ1v) is 3.53. The Bertz CT molecular complexity index is 133. The fraction of sp³-hybridized carbons (Fsp3) is 0.857. The van der Waals surface area contributed by atoms with Crippen molar-refractivity contribution in [1.29, 1.82) is 0 Å². The van der Waals surface area contributed by atoms with E-state index in [1.165, 1.54) is 0 Å². The van der Waals surface area contributed by atoms with Gasteiger partial charge in [0.2, 0.25) is 0 Å². The van der Waals surface area contributed by atoms with E-state index in [9.17, 15) is 4.79 Å². The van der Waals surface area contributed by atoms with Gasteiger partial charge in [0.1, 0.15) is 6.10 Å². The van der Waals surface area contributed by atoms with Crippen LogP contribution in [0.3, 0.4) is 0 Å². The van der Waals surface area contributed by atoms with Gasteiger partial charge in [0, 0.05) is 0 Å². The molecule has 10 heavy (non-hydrogen) atoms. The minimum atomic E-state index is -0.531. The molecular formula is C7H12O3. The second kappa shape index (κ2) is 2.90. The first-order valence-electron chi connectivity index (χ1n) is 3.53. The average molecular weight is 144 g/mol. The van der Waals surface area contributed by atoms with Crippen LogP contribution in [-0.4, -0.2) is 18.9 Å². The molecule has 0 radical (unpaired) electrons. The van der Waals surface area contributed by atoms with Crippen LogP contribution in [0.5, 0.6) is 0 Å². The molecule has 1 fully saturated rings. The topological polar surface area (TPSA) is 35.5 Å². The van der Waals surface area contributed by atoms with E-state index >= 15 is 0 Å². The van der Waals surface area contributed by atoms with Crippen LogP contribution in [0, 0.1) is 5.92 Å². The first-order chi connectivity index (χ1) is 4.70. The number of hydrogen-bond donors (Lipinski definition) is 0. The van der Waals surface area contributed by atoms with Gasteiger partial charge in [-0.1, -0.05) is 6.92 Å². The summed E-state index contributed by atoms with van der Waals surface area (Å²) in [4.78, 5) is 10.6. The SMILES string of the molecule is CC1CCOC(=O)OC1C. The Kier molecular flexibility index (Phi) is 2.14. The van der Waals surface area contributed by atoms with Gasteiger partial charge in [0.05, 0.1) is 6.61 Å². The summed E-state index contributed by atoms with van der Waals surface area (Å²) in [5.74, 6) is 0.409. The molecule has 0 amide bonds. The van der Waals surface area contributed by atoms with Crippen LogP contribution in [-0.2, 0) is 9.47 Å². The lowest BCUT2D eigenvalue weighted by molar-refractivity contribution is 0.0405. The number of carbonyl (C=O) groups is 1. The number of cyclic esters (lactones) is 2. The van der Waals surface area contributed by atoms with Gasteiger partial charge < -0.3 is 9.47 Å². The molecule has 0 aromatic carbocycles. The predicted molar refractivity (Wildman–Crippen MR) is 35.7 cm³/mol. The van der Waals surface area contributed by atoms with Gasteiger partial charge in [0.25, 0.3) is 0 Å². The van der Waals surface area contributed by atoms with E-state index in [0.717, 1.165) is 6.42 Å². The van der Waals surface area contributed by atoms with Crippen LogP contribution in [0.1, 0.15) is 20.3 Å². The molecule has 2 unspecified atom stereocenters. The van der Waals surface area contributed by atoms with E-state index in [1.54, 1.807) is 0 Å². The normalized spacial score (nSPS) is 34.0. The molecule has 1 aliphatic heterocycles. The minimum Gasteiger partial charge on any atom is -0.434 e. The minimum absolute atomic E-state index is 0.00463. The van der Waals surface area contributed by atoms with E-state index in [-0.39, 0.29) is 6.10 Å². The van der Waals surface area contributed by atoms with Gasteiger partial charge in [-0.05, 0) is 19.3 Å². The molecule has 0 bridgehead atoms. The van der Waals surface area contributed by atoms with Crippen LogP contribution in [0.2, 0.25) is 0 Å². The molecular weight excluding hydrogens is 132 g/mol. The maximum absolute atomic E-state index is 10.6. The quantitative estimate of drug-likeness (QED) is 0.484. The van der Waals surface area contributed by atoms with Crippen molar-refractivity contribution in [1.82, 2.24) is 0 Å². The Labute approximate surface area is 60.3 Å². The number of hydrogen-bond acceptors (Lipinski definition) is 3. The van der Waals surface area contributed by atoms with Gasteiger partial charge >= 0.3 is 6.16 Å². The predicted octanol–water partition coefficient (Wildman–Crippen LogP) is 1.57. The lowest BCUT2D eigenvalue weighted by Crippen LogP contribution is -2.17. The van der Waals surface area contributed by atoms with Gasteiger partial charge in [-0.15, -0.1) is 0 Å². The van der Waals surface area contributed by atoms with Crippen LogP contribution in [0.15, 0.2) is 0 Å². The molecule has 58 valence electrons. The van der Waals surface area contributed by atoms with Gasteiger partial charge in [0.15, 0.2) is 0 Å². The zero-order chi connectivity index (χ0) is 7.56. The third-order valence-corrected chi connectivity index (χ3v) is 1.88. The molecule has 2 atom stereocenters. The van der Waals surface area contributed by atoms with Crippen molar-refractivity contribution >= 4 is 6.16 Å². The molecule has 0 N–H and O–H groups in total.